The average Bonchev–Trinajstić information content (AvgIpc) is 2.60. The fourth-order valence-electron chi connectivity index (χ4n) is 2.88. The number of nitro groups is 1. The zero-order valence-corrected chi connectivity index (χ0v) is 15.9. The van der Waals surface area contributed by atoms with Gasteiger partial charge in [0.1, 0.15) is 0 Å². The van der Waals surface area contributed by atoms with Crippen LogP contribution in [0.15, 0.2) is 48.5 Å². The molecule has 2 rings (SSSR count). The lowest BCUT2D eigenvalue weighted by Gasteiger charge is -2.23. The van der Waals surface area contributed by atoms with Crippen LogP contribution in [-0.2, 0) is 18.5 Å². The maximum absolute atomic E-state index is 10.8. The molecule has 5 heteroatoms. The molecular weight excluding hydrogens is 326 g/mol. The highest BCUT2D eigenvalue weighted by Crippen LogP contribution is 2.23. The fourth-order valence-corrected chi connectivity index (χ4v) is 2.88. The van der Waals surface area contributed by atoms with Crippen LogP contribution < -0.4 is 5.73 Å². The SMILES string of the molecule is CC(C)(C)c1ccc(CN(CCCN)Cc2ccc([N+](=O)[O-])cc2)cc1. The smallest absolute Gasteiger partial charge is 0.269 e. The minimum Gasteiger partial charge on any atom is -0.330 e. The van der Waals surface area contributed by atoms with Crippen LogP contribution in [0.1, 0.15) is 43.9 Å². The molecule has 0 spiro atoms. The third-order valence-corrected chi connectivity index (χ3v) is 4.46. The van der Waals surface area contributed by atoms with E-state index < -0.39 is 0 Å². The average molecular weight is 355 g/mol. The Hall–Kier alpha value is -2.24. The summed E-state index contributed by atoms with van der Waals surface area (Å²) in [5.41, 5.74) is 9.61. The van der Waals surface area contributed by atoms with Crippen LogP contribution in [-0.4, -0.2) is 22.9 Å². The van der Waals surface area contributed by atoms with Gasteiger partial charge in [0.15, 0.2) is 0 Å². The van der Waals surface area contributed by atoms with Crippen molar-refractivity contribution >= 4 is 5.69 Å². The van der Waals surface area contributed by atoms with Crippen molar-refractivity contribution in [1.82, 2.24) is 4.90 Å². The van der Waals surface area contributed by atoms with Gasteiger partial charge in [0.2, 0.25) is 0 Å². The van der Waals surface area contributed by atoms with Crippen LogP contribution in [0.3, 0.4) is 0 Å². The number of hydrogen-bond acceptors (Lipinski definition) is 4. The Labute approximate surface area is 156 Å². The second-order valence-corrected chi connectivity index (χ2v) is 7.72. The van der Waals surface area contributed by atoms with Gasteiger partial charge in [0.05, 0.1) is 4.92 Å². The quantitative estimate of drug-likeness (QED) is 0.568. The predicted octanol–water partition coefficient (Wildman–Crippen LogP) is 4.24. The molecule has 0 unspecified atom stereocenters. The molecule has 0 atom stereocenters. The monoisotopic (exact) mass is 355 g/mol. The Morgan fingerprint density at radius 2 is 1.46 bits per heavy atom. The Morgan fingerprint density at radius 1 is 0.962 bits per heavy atom. The third-order valence-electron chi connectivity index (χ3n) is 4.46. The number of hydrogen-bond donors (Lipinski definition) is 1. The van der Waals surface area contributed by atoms with E-state index in [-0.39, 0.29) is 16.0 Å². The highest BCUT2D eigenvalue weighted by Gasteiger charge is 2.14. The second kappa shape index (κ2) is 8.92. The topological polar surface area (TPSA) is 72.4 Å². The van der Waals surface area contributed by atoms with Gasteiger partial charge in [-0.3, -0.25) is 15.0 Å². The molecule has 0 fully saturated rings. The summed E-state index contributed by atoms with van der Waals surface area (Å²) < 4.78 is 0. The van der Waals surface area contributed by atoms with Crippen molar-refractivity contribution in [2.45, 2.75) is 45.7 Å². The van der Waals surface area contributed by atoms with Gasteiger partial charge in [-0.2, -0.15) is 0 Å². The maximum Gasteiger partial charge on any atom is 0.269 e. The molecule has 0 saturated carbocycles. The van der Waals surface area contributed by atoms with Crippen molar-refractivity contribution in [3.8, 4) is 0 Å². The molecule has 0 aliphatic carbocycles. The Balaban J connectivity index is 2.07. The molecule has 0 aliphatic rings. The number of benzene rings is 2. The second-order valence-electron chi connectivity index (χ2n) is 7.72. The van der Waals surface area contributed by atoms with Crippen molar-refractivity contribution in [2.24, 2.45) is 5.73 Å². The van der Waals surface area contributed by atoms with Gasteiger partial charge >= 0.3 is 0 Å². The number of nitrogens with zero attached hydrogens (tertiary/aromatic N) is 2. The number of rotatable bonds is 8. The van der Waals surface area contributed by atoms with E-state index in [1.807, 2.05) is 12.1 Å². The fraction of sp³-hybridized carbons (Fsp3) is 0.429. The van der Waals surface area contributed by atoms with E-state index in [0.29, 0.717) is 6.54 Å². The molecule has 2 N–H and O–H groups in total. The summed E-state index contributed by atoms with van der Waals surface area (Å²) in [5.74, 6) is 0. The summed E-state index contributed by atoms with van der Waals surface area (Å²) in [4.78, 5) is 12.8. The van der Waals surface area contributed by atoms with Crippen molar-refractivity contribution in [3.63, 3.8) is 0 Å². The van der Waals surface area contributed by atoms with Gasteiger partial charge in [-0.05, 0) is 35.1 Å². The van der Waals surface area contributed by atoms with Gasteiger partial charge < -0.3 is 5.73 Å². The molecular formula is C21H29N3O2. The van der Waals surface area contributed by atoms with E-state index in [1.54, 1.807) is 12.1 Å². The molecule has 2 aromatic rings. The number of nitrogens with two attached hydrogens (primary N) is 1. The molecule has 2 aromatic carbocycles. The van der Waals surface area contributed by atoms with Crippen LogP contribution in [0, 0.1) is 10.1 Å². The summed E-state index contributed by atoms with van der Waals surface area (Å²) in [7, 11) is 0. The molecule has 5 nitrogen and oxygen atoms in total. The third kappa shape index (κ3) is 5.93. The van der Waals surface area contributed by atoms with Gasteiger partial charge in [-0.25, -0.2) is 0 Å². The van der Waals surface area contributed by atoms with E-state index in [0.717, 1.165) is 31.6 Å². The number of nitro benzene ring substituents is 1. The van der Waals surface area contributed by atoms with Crippen molar-refractivity contribution in [2.75, 3.05) is 13.1 Å². The number of non-ortho nitro benzene ring substituents is 1. The zero-order chi connectivity index (χ0) is 19.2. The summed E-state index contributed by atoms with van der Waals surface area (Å²) in [6.45, 7) is 9.77. The van der Waals surface area contributed by atoms with Gasteiger partial charge in [0, 0.05) is 31.8 Å². The highest BCUT2D eigenvalue weighted by molar-refractivity contribution is 5.33. The lowest BCUT2D eigenvalue weighted by molar-refractivity contribution is -0.384. The molecule has 140 valence electrons. The molecule has 0 radical (unpaired) electrons. The molecule has 0 saturated heterocycles. The summed E-state index contributed by atoms with van der Waals surface area (Å²) in [6.07, 6.45) is 0.924. The Morgan fingerprint density at radius 3 is 1.88 bits per heavy atom. The van der Waals surface area contributed by atoms with Gasteiger partial charge in [-0.1, -0.05) is 57.2 Å². The molecule has 0 aromatic heterocycles. The maximum atomic E-state index is 10.8. The van der Waals surface area contributed by atoms with Crippen LogP contribution in [0.25, 0.3) is 0 Å². The van der Waals surface area contributed by atoms with Crippen LogP contribution in [0.2, 0.25) is 0 Å². The lowest BCUT2D eigenvalue weighted by Crippen LogP contribution is -2.25. The first-order valence-electron chi connectivity index (χ1n) is 9.05. The standard InChI is InChI=1S/C21H29N3O2/c1-21(2,3)19-9-5-17(6-10-19)15-23(14-4-13-22)16-18-7-11-20(12-8-18)24(25)26/h5-12H,4,13-16,22H2,1-3H3. The summed E-state index contributed by atoms with van der Waals surface area (Å²) >= 11 is 0. The van der Waals surface area contributed by atoms with Crippen molar-refractivity contribution in [3.05, 3.63) is 75.3 Å². The zero-order valence-electron chi connectivity index (χ0n) is 15.9. The summed E-state index contributed by atoms with van der Waals surface area (Å²) in [6, 6.07) is 15.6. The normalized spacial score (nSPS) is 11.7. The van der Waals surface area contributed by atoms with E-state index >= 15 is 0 Å². The van der Waals surface area contributed by atoms with E-state index in [2.05, 4.69) is 49.9 Å². The van der Waals surface area contributed by atoms with Crippen LogP contribution in [0.4, 0.5) is 5.69 Å². The minimum absolute atomic E-state index is 0.125. The summed E-state index contributed by atoms with van der Waals surface area (Å²) in [5, 5.41) is 10.8. The minimum atomic E-state index is -0.368. The van der Waals surface area contributed by atoms with Crippen LogP contribution >= 0.6 is 0 Å². The van der Waals surface area contributed by atoms with Crippen molar-refractivity contribution < 1.29 is 4.92 Å². The molecule has 0 bridgehead atoms. The first-order valence-corrected chi connectivity index (χ1v) is 9.05. The van der Waals surface area contributed by atoms with E-state index in [1.165, 1.54) is 11.1 Å². The lowest BCUT2D eigenvalue weighted by atomic mass is 9.87. The first-order chi connectivity index (χ1) is 12.3. The largest absolute Gasteiger partial charge is 0.330 e. The molecule has 0 heterocycles. The van der Waals surface area contributed by atoms with Crippen LogP contribution in [0.5, 0.6) is 0 Å². The predicted molar refractivity (Wildman–Crippen MR) is 106 cm³/mol. The first kappa shape index (κ1) is 20.1. The molecule has 26 heavy (non-hydrogen) atoms. The Kier molecular flexibility index (Phi) is 6.89. The van der Waals surface area contributed by atoms with Gasteiger partial charge in [-0.15, -0.1) is 0 Å². The Bertz CT molecular complexity index is 704. The van der Waals surface area contributed by atoms with Crippen molar-refractivity contribution in [1.29, 1.82) is 0 Å². The van der Waals surface area contributed by atoms with Gasteiger partial charge in [0.25, 0.3) is 5.69 Å². The van der Waals surface area contributed by atoms with E-state index in [4.69, 9.17) is 5.73 Å². The molecule has 0 aliphatic heterocycles. The van der Waals surface area contributed by atoms with E-state index in [9.17, 15) is 10.1 Å². The molecule has 0 amide bonds. The highest BCUT2D eigenvalue weighted by atomic mass is 16.6.